The number of guanidine groups is 1. The normalized spacial score (nSPS) is 12.2. The number of rotatable bonds is 5. The van der Waals surface area contributed by atoms with Crippen molar-refractivity contribution in [3.63, 3.8) is 0 Å². The van der Waals surface area contributed by atoms with E-state index in [0.717, 1.165) is 6.07 Å². The van der Waals surface area contributed by atoms with Gasteiger partial charge in [-0.05, 0) is 25.1 Å². The van der Waals surface area contributed by atoms with Crippen LogP contribution in [0.1, 0.15) is 34.8 Å². The molecule has 1 amide bonds. The molecule has 0 aliphatic heterocycles. The lowest BCUT2D eigenvalue weighted by Crippen LogP contribution is -2.38. The molecule has 2 rings (SSSR count). The van der Waals surface area contributed by atoms with Gasteiger partial charge >= 0.3 is 0 Å². The molecule has 25 heavy (non-hydrogen) atoms. The van der Waals surface area contributed by atoms with Gasteiger partial charge in [-0.2, -0.15) is 0 Å². The molecule has 1 heterocycles. The van der Waals surface area contributed by atoms with Crippen LogP contribution in [0.15, 0.2) is 39.7 Å². The highest BCUT2D eigenvalue weighted by Gasteiger charge is 2.14. The van der Waals surface area contributed by atoms with Crippen LogP contribution in [0.4, 0.5) is 8.78 Å². The van der Waals surface area contributed by atoms with Crippen molar-refractivity contribution in [2.24, 2.45) is 10.7 Å². The van der Waals surface area contributed by atoms with Gasteiger partial charge in [-0.3, -0.25) is 9.79 Å². The van der Waals surface area contributed by atoms with Crippen molar-refractivity contribution < 1.29 is 18.0 Å². The van der Waals surface area contributed by atoms with E-state index in [1.165, 1.54) is 18.2 Å². The predicted octanol–water partition coefficient (Wildman–Crippen LogP) is 2.70. The number of carbonyl (C=O) groups excluding carboxylic acids is 1. The molecule has 1 atom stereocenters. The molecule has 0 spiro atoms. The summed E-state index contributed by atoms with van der Waals surface area (Å²) in [6.45, 7) is 1.98. The van der Waals surface area contributed by atoms with Gasteiger partial charge in [0.15, 0.2) is 11.7 Å². The summed E-state index contributed by atoms with van der Waals surface area (Å²) >= 11 is 0. The van der Waals surface area contributed by atoms with Crippen molar-refractivity contribution in [2.45, 2.75) is 19.5 Å². The Balaban J connectivity index is 0.00000312. The van der Waals surface area contributed by atoms with Gasteiger partial charge < -0.3 is 20.8 Å². The van der Waals surface area contributed by atoms with Crippen molar-refractivity contribution in [3.05, 3.63) is 59.1 Å². The molecule has 4 N–H and O–H groups in total. The summed E-state index contributed by atoms with van der Waals surface area (Å²) in [7, 11) is 1.56. The summed E-state index contributed by atoms with van der Waals surface area (Å²) in [5.41, 5.74) is 5.43. The lowest BCUT2D eigenvalue weighted by Gasteiger charge is -2.18. The fraction of sp³-hybridized carbons (Fsp3) is 0.250. The molecule has 0 fully saturated rings. The second kappa shape index (κ2) is 9.35. The number of carbonyl (C=O) groups is 1. The number of hydrogen-bond acceptors (Lipinski definition) is 3. The monoisotopic (exact) mass is 464 g/mol. The van der Waals surface area contributed by atoms with Crippen LogP contribution < -0.4 is 16.4 Å². The van der Waals surface area contributed by atoms with Gasteiger partial charge in [0.1, 0.15) is 17.4 Å². The Morgan fingerprint density at radius 3 is 2.60 bits per heavy atom. The minimum absolute atomic E-state index is 0. The van der Waals surface area contributed by atoms with Crippen LogP contribution in [0.25, 0.3) is 0 Å². The first-order valence-electron chi connectivity index (χ1n) is 7.21. The molecule has 1 unspecified atom stereocenters. The van der Waals surface area contributed by atoms with Crippen LogP contribution in [-0.2, 0) is 6.54 Å². The van der Waals surface area contributed by atoms with Crippen LogP contribution >= 0.6 is 24.0 Å². The number of primary amides is 1. The summed E-state index contributed by atoms with van der Waals surface area (Å²) in [6, 6.07) is 6.06. The van der Waals surface area contributed by atoms with Crippen LogP contribution in [0.3, 0.4) is 0 Å². The number of halogens is 3. The van der Waals surface area contributed by atoms with Crippen molar-refractivity contribution in [3.8, 4) is 0 Å². The molecular weight excluding hydrogens is 445 g/mol. The molecule has 0 radical (unpaired) electrons. The highest BCUT2D eigenvalue weighted by atomic mass is 127. The molecule has 0 saturated heterocycles. The third-order valence-corrected chi connectivity index (χ3v) is 3.34. The summed E-state index contributed by atoms with van der Waals surface area (Å²) in [4.78, 5) is 15.0. The number of nitrogens with one attached hydrogen (secondary N) is 2. The molecule has 136 valence electrons. The first kappa shape index (κ1) is 20.9. The molecule has 0 aliphatic rings. The van der Waals surface area contributed by atoms with E-state index in [1.54, 1.807) is 20.0 Å². The third-order valence-electron chi connectivity index (χ3n) is 3.34. The van der Waals surface area contributed by atoms with Crippen molar-refractivity contribution in [2.75, 3.05) is 7.05 Å². The molecule has 6 nitrogen and oxygen atoms in total. The van der Waals surface area contributed by atoms with Gasteiger partial charge in [0.2, 0.25) is 0 Å². The maximum atomic E-state index is 13.8. The number of aliphatic imine (C=N–C) groups is 1. The lowest BCUT2D eigenvalue weighted by molar-refractivity contribution is 0.0972. The SMILES string of the molecule is CN=C(NCc1ccc(C(N)=O)o1)NC(C)c1ccc(F)cc1F.I. The van der Waals surface area contributed by atoms with Crippen molar-refractivity contribution in [1.29, 1.82) is 0 Å². The van der Waals surface area contributed by atoms with Gasteiger partial charge in [-0.15, -0.1) is 24.0 Å². The van der Waals surface area contributed by atoms with Crippen LogP contribution in [0.5, 0.6) is 0 Å². The highest BCUT2D eigenvalue weighted by Crippen LogP contribution is 2.17. The average Bonchev–Trinajstić information content (AvgIpc) is 3.00. The molecule has 1 aromatic carbocycles. The predicted molar refractivity (Wildman–Crippen MR) is 101 cm³/mol. The van der Waals surface area contributed by atoms with E-state index >= 15 is 0 Å². The Bertz CT molecular complexity index is 764. The molecule has 0 bridgehead atoms. The Morgan fingerprint density at radius 2 is 2.04 bits per heavy atom. The van der Waals surface area contributed by atoms with E-state index in [2.05, 4.69) is 15.6 Å². The van der Waals surface area contributed by atoms with E-state index < -0.39 is 23.6 Å². The van der Waals surface area contributed by atoms with Crippen LogP contribution in [-0.4, -0.2) is 18.9 Å². The summed E-state index contributed by atoms with van der Waals surface area (Å²) in [5, 5.41) is 5.95. The fourth-order valence-electron chi connectivity index (χ4n) is 2.11. The average molecular weight is 464 g/mol. The Morgan fingerprint density at radius 1 is 1.32 bits per heavy atom. The topological polar surface area (TPSA) is 92.6 Å². The van der Waals surface area contributed by atoms with E-state index in [9.17, 15) is 13.6 Å². The zero-order valence-corrected chi connectivity index (χ0v) is 16.0. The maximum Gasteiger partial charge on any atom is 0.284 e. The highest BCUT2D eigenvalue weighted by molar-refractivity contribution is 14.0. The minimum Gasteiger partial charge on any atom is -0.454 e. The lowest BCUT2D eigenvalue weighted by atomic mass is 10.1. The Hall–Kier alpha value is -2.17. The minimum atomic E-state index is -0.649. The molecular formula is C16H19F2IN4O2. The number of amides is 1. The molecule has 9 heteroatoms. The largest absolute Gasteiger partial charge is 0.454 e. The van der Waals surface area contributed by atoms with Gasteiger partial charge in [0, 0.05) is 18.7 Å². The fourth-order valence-corrected chi connectivity index (χ4v) is 2.11. The van der Waals surface area contributed by atoms with Crippen LogP contribution in [0, 0.1) is 11.6 Å². The summed E-state index contributed by atoms with van der Waals surface area (Å²) in [5.74, 6) is -0.965. The second-order valence-electron chi connectivity index (χ2n) is 5.09. The van der Waals surface area contributed by atoms with Gasteiger partial charge in [-0.1, -0.05) is 6.07 Å². The smallest absolute Gasteiger partial charge is 0.284 e. The van der Waals surface area contributed by atoms with Gasteiger partial charge in [0.05, 0.1) is 12.6 Å². The molecule has 1 aromatic heterocycles. The quantitative estimate of drug-likeness (QED) is 0.361. The zero-order chi connectivity index (χ0) is 17.7. The number of benzene rings is 1. The van der Waals surface area contributed by atoms with E-state index in [-0.39, 0.29) is 36.3 Å². The Labute approximate surface area is 160 Å². The molecule has 0 saturated carbocycles. The van der Waals surface area contributed by atoms with Gasteiger partial charge in [-0.25, -0.2) is 8.78 Å². The van der Waals surface area contributed by atoms with Crippen LogP contribution in [0.2, 0.25) is 0 Å². The number of hydrogen-bond donors (Lipinski definition) is 3. The standard InChI is InChI=1S/C16H18F2N4O2.HI/c1-9(12-5-3-10(17)7-13(12)18)22-16(20-2)21-8-11-4-6-14(24-11)15(19)23;/h3-7,9H,8H2,1-2H3,(H2,19,23)(H2,20,21,22);1H. The number of nitrogens with two attached hydrogens (primary N) is 1. The van der Waals surface area contributed by atoms with E-state index in [0.29, 0.717) is 17.3 Å². The first-order chi connectivity index (χ1) is 11.4. The Kier molecular flexibility index (Phi) is 7.81. The second-order valence-corrected chi connectivity index (χ2v) is 5.09. The molecule has 0 aliphatic carbocycles. The van der Waals surface area contributed by atoms with Crippen molar-refractivity contribution in [1.82, 2.24) is 10.6 Å². The first-order valence-corrected chi connectivity index (χ1v) is 7.21. The van der Waals surface area contributed by atoms with E-state index in [4.69, 9.17) is 10.2 Å². The zero-order valence-electron chi connectivity index (χ0n) is 13.7. The maximum absolute atomic E-state index is 13.8. The van der Waals surface area contributed by atoms with E-state index in [1.807, 2.05) is 0 Å². The van der Waals surface area contributed by atoms with Gasteiger partial charge in [0.25, 0.3) is 5.91 Å². The third kappa shape index (κ3) is 5.69. The number of furan rings is 1. The number of nitrogens with zero attached hydrogens (tertiary/aromatic N) is 1. The van der Waals surface area contributed by atoms with Crippen molar-refractivity contribution >= 4 is 35.8 Å². The molecule has 2 aromatic rings. The summed E-state index contributed by atoms with van der Waals surface area (Å²) < 4.78 is 32.0. The summed E-state index contributed by atoms with van der Waals surface area (Å²) in [6.07, 6.45) is 0.